The highest BCUT2D eigenvalue weighted by molar-refractivity contribution is 6.42. The van der Waals surface area contributed by atoms with Gasteiger partial charge in [0.25, 0.3) is 0 Å². The second-order valence-electron chi connectivity index (χ2n) is 9.04. The zero-order chi connectivity index (χ0) is 21.9. The van der Waals surface area contributed by atoms with E-state index in [4.69, 9.17) is 28.3 Å². The Morgan fingerprint density at radius 3 is 2.41 bits per heavy atom. The van der Waals surface area contributed by atoms with Gasteiger partial charge < -0.3 is 10.6 Å². The first-order chi connectivity index (χ1) is 15.7. The van der Waals surface area contributed by atoms with Crippen molar-refractivity contribution in [1.29, 1.82) is 0 Å². The van der Waals surface area contributed by atoms with Crippen molar-refractivity contribution >= 4 is 40.2 Å². The third kappa shape index (κ3) is 4.89. The molecule has 0 unspecified atom stereocenters. The van der Waals surface area contributed by atoms with E-state index in [1.807, 2.05) is 18.2 Å². The summed E-state index contributed by atoms with van der Waals surface area (Å²) >= 11 is 12.4. The van der Waals surface area contributed by atoms with Gasteiger partial charge in [0, 0.05) is 11.3 Å². The van der Waals surface area contributed by atoms with Crippen LogP contribution in [0.4, 0.5) is 0 Å². The fraction of sp³-hybridized carbons (Fsp3) is 0.423. The molecule has 0 radical (unpaired) electrons. The van der Waals surface area contributed by atoms with Gasteiger partial charge in [-0.05, 0) is 87.1 Å². The third-order valence-electron chi connectivity index (χ3n) is 6.79. The van der Waals surface area contributed by atoms with Crippen LogP contribution in [0, 0.1) is 5.92 Å². The van der Waals surface area contributed by atoms with Crippen molar-refractivity contribution in [3.8, 4) is 0 Å². The van der Waals surface area contributed by atoms with Crippen molar-refractivity contribution in [2.24, 2.45) is 5.92 Å². The zero-order valence-electron chi connectivity index (χ0n) is 18.3. The lowest BCUT2D eigenvalue weighted by Gasteiger charge is -2.21. The monoisotopic (exact) mass is 468 g/mol. The maximum atomic E-state index is 6.28. The fourth-order valence-corrected chi connectivity index (χ4v) is 5.25. The molecule has 0 bridgehead atoms. The molecule has 1 aromatic heterocycles. The lowest BCUT2D eigenvalue weighted by Crippen LogP contribution is -2.27. The molecular formula is C26H30Cl2N4. The molecule has 0 aliphatic carbocycles. The molecule has 2 saturated heterocycles. The van der Waals surface area contributed by atoms with Crippen molar-refractivity contribution in [2.75, 3.05) is 26.2 Å². The average Bonchev–Trinajstić information content (AvgIpc) is 3.19. The van der Waals surface area contributed by atoms with E-state index in [2.05, 4.69) is 45.7 Å². The number of rotatable bonds is 5. The summed E-state index contributed by atoms with van der Waals surface area (Å²) in [6.07, 6.45) is 9.37. The van der Waals surface area contributed by atoms with Crippen molar-refractivity contribution in [2.45, 2.75) is 38.1 Å². The Hall–Kier alpha value is -1.85. The Bertz CT molecular complexity index is 1110. The Morgan fingerprint density at radius 1 is 0.906 bits per heavy atom. The number of halogens is 2. The largest absolute Gasteiger partial charge is 0.317 e. The molecule has 4 nitrogen and oxygen atoms in total. The van der Waals surface area contributed by atoms with Crippen molar-refractivity contribution in [3.63, 3.8) is 0 Å². The summed E-state index contributed by atoms with van der Waals surface area (Å²) < 4.78 is 2.15. The number of aromatic nitrogens is 2. The van der Waals surface area contributed by atoms with Crippen LogP contribution in [-0.4, -0.2) is 36.0 Å². The summed E-state index contributed by atoms with van der Waals surface area (Å²) in [5.74, 6) is 1.17. The fourth-order valence-electron chi connectivity index (χ4n) is 4.93. The molecule has 2 N–H and O–H groups in total. The number of nitrogens with one attached hydrogen (secondary N) is 2. The summed E-state index contributed by atoms with van der Waals surface area (Å²) in [7, 11) is 0. The Morgan fingerprint density at radius 2 is 1.66 bits per heavy atom. The van der Waals surface area contributed by atoms with Gasteiger partial charge in [-0.1, -0.05) is 53.6 Å². The van der Waals surface area contributed by atoms with E-state index in [0.29, 0.717) is 28.4 Å². The predicted molar refractivity (Wildman–Crippen MR) is 135 cm³/mol. The first kappa shape index (κ1) is 22.0. The van der Waals surface area contributed by atoms with Crippen LogP contribution in [0.15, 0.2) is 42.5 Å². The topological polar surface area (TPSA) is 41.9 Å². The SMILES string of the molecule is Clc1ccc(Cn2nc(C3CCNCC3)c3ccc(/C=C/C4CCNCC4)cc32)cc1Cl. The van der Waals surface area contributed by atoms with Crippen LogP contribution in [0.25, 0.3) is 17.0 Å². The van der Waals surface area contributed by atoms with Gasteiger partial charge in [-0.25, -0.2) is 0 Å². The molecule has 5 rings (SSSR count). The summed E-state index contributed by atoms with van der Waals surface area (Å²) in [4.78, 5) is 0. The molecule has 0 saturated carbocycles. The highest BCUT2D eigenvalue weighted by Crippen LogP contribution is 2.32. The first-order valence-corrected chi connectivity index (χ1v) is 12.5. The van der Waals surface area contributed by atoms with E-state index in [1.54, 1.807) is 0 Å². The quantitative estimate of drug-likeness (QED) is 0.491. The van der Waals surface area contributed by atoms with E-state index in [9.17, 15) is 0 Å². The van der Waals surface area contributed by atoms with Gasteiger partial charge in [-0.15, -0.1) is 0 Å². The van der Waals surface area contributed by atoms with E-state index in [-0.39, 0.29) is 0 Å². The molecular weight excluding hydrogens is 439 g/mol. The van der Waals surface area contributed by atoms with Gasteiger partial charge in [-0.3, -0.25) is 4.68 Å². The van der Waals surface area contributed by atoms with E-state index in [0.717, 1.165) is 44.6 Å². The molecule has 0 spiro atoms. The molecule has 2 fully saturated rings. The van der Waals surface area contributed by atoms with Crippen LogP contribution in [0.5, 0.6) is 0 Å². The lowest BCUT2D eigenvalue weighted by molar-refractivity contribution is 0.438. The number of hydrogen-bond donors (Lipinski definition) is 2. The van der Waals surface area contributed by atoms with Gasteiger partial charge in [0.1, 0.15) is 0 Å². The van der Waals surface area contributed by atoms with Gasteiger partial charge in [0.05, 0.1) is 27.8 Å². The predicted octanol–water partition coefficient (Wildman–Crippen LogP) is 5.87. The standard InChI is InChI=1S/C26H30Cl2N4/c27-23-6-4-20(15-24(23)28)17-32-25-16-19(2-1-18-7-11-29-12-8-18)3-5-22(25)26(31-32)21-9-13-30-14-10-21/h1-6,15-16,18,21,29-30H,7-14,17H2/b2-1+. The summed E-state index contributed by atoms with van der Waals surface area (Å²) in [5.41, 5.74) is 4.77. The normalized spacial score (nSPS) is 18.7. The summed E-state index contributed by atoms with van der Waals surface area (Å²) in [6, 6.07) is 12.7. The summed E-state index contributed by atoms with van der Waals surface area (Å²) in [5, 5.41) is 14.5. The highest BCUT2D eigenvalue weighted by Gasteiger charge is 2.22. The Labute approximate surface area is 200 Å². The molecule has 32 heavy (non-hydrogen) atoms. The van der Waals surface area contributed by atoms with Gasteiger partial charge in [0.15, 0.2) is 0 Å². The van der Waals surface area contributed by atoms with Crippen LogP contribution < -0.4 is 10.6 Å². The van der Waals surface area contributed by atoms with E-state index >= 15 is 0 Å². The van der Waals surface area contributed by atoms with Crippen molar-refractivity contribution in [1.82, 2.24) is 20.4 Å². The number of allylic oxidation sites excluding steroid dienone is 1. The maximum Gasteiger partial charge on any atom is 0.0735 e. The average molecular weight is 469 g/mol. The summed E-state index contributed by atoms with van der Waals surface area (Å²) in [6.45, 7) is 5.03. The minimum atomic E-state index is 0.505. The van der Waals surface area contributed by atoms with Crippen LogP contribution in [0.2, 0.25) is 10.0 Å². The number of benzene rings is 2. The van der Waals surface area contributed by atoms with Crippen LogP contribution >= 0.6 is 23.2 Å². The molecule has 3 heterocycles. The van der Waals surface area contributed by atoms with E-state index in [1.165, 1.54) is 35.0 Å². The smallest absolute Gasteiger partial charge is 0.0735 e. The van der Waals surface area contributed by atoms with E-state index < -0.39 is 0 Å². The van der Waals surface area contributed by atoms with Crippen LogP contribution in [0.1, 0.15) is 48.4 Å². The van der Waals surface area contributed by atoms with Gasteiger partial charge in [-0.2, -0.15) is 5.10 Å². The minimum absolute atomic E-state index is 0.505. The molecule has 2 aromatic carbocycles. The molecule has 0 amide bonds. The number of fused-ring (bicyclic) bond motifs is 1. The Balaban J connectivity index is 1.50. The molecule has 0 atom stereocenters. The third-order valence-corrected chi connectivity index (χ3v) is 7.53. The van der Waals surface area contributed by atoms with Crippen LogP contribution in [0.3, 0.4) is 0 Å². The highest BCUT2D eigenvalue weighted by atomic mass is 35.5. The number of piperidine rings is 2. The molecule has 2 aliphatic rings. The van der Waals surface area contributed by atoms with Gasteiger partial charge >= 0.3 is 0 Å². The zero-order valence-corrected chi connectivity index (χ0v) is 19.8. The Kier molecular flexibility index (Phi) is 6.84. The molecule has 6 heteroatoms. The van der Waals surface area contributed by atoms with Gasteiger partial charge in [0.2, 0.25) is 0 Å². The second kappa shape index (κ2) is 9.96. The second-order valence-corrected chi connectivity index (χ2v) is 9.85. The first-order valence-electron chi connectivity index (χ1n) is 11.7. The molecule has 2 aliphatic heterocycles. The lowest BCUT2D eigenvalue weighted by atomic mass is 9.92. The maximum absolute atomic E-state index is 6.28. The van der Waals surface area contributed by atoms with Crippen LogP contribution in [-0.2, 0) is 6.54 Å². The molecule has 168 valence electrons. The minimum Gasteiger partial charge on any atom is -0.317 e. The van der Waals surface area contributed by atoms with Crippen molar-refractivity contribution in [3.05, 3.63) is 69.3 Å². The van der Waals surface area contributed by atoms with Crippen molar-refractivity contribution < 1.29 is 0 Å². The number of nitrogens with zero attached hydrogens (tertiary/aromatic N) is 2. The molecule has 3 aromatic rings. The number of hydrogen-bond acceptors (Lipinski definition) is 3.